The van der Waals surface area contributed by atoms with Crippen LogP contribution in [0.3, 0.4) is 0 Å². The van der Waals surface area contributed by atoms with E-state index in [1.54, 1.807) is 6.07 Å². The van der Waals surface area contributed by atoms with E-state index in [4.69, 9.17) is 4.74 Å². The van der Waals surface area contributed by atoms with Gasteiger partial charge in [0.2, 0.25) is 0 Å². The Bertz CT molecular complexity index is 638. The number of rotatable bonds is 2. The molecule has 2 saturated heterocycles. The Morgan fingerprint density at radius 1 is 1.52 bits per heavy atom. The number of amides is 2. The summed E-state index contributed by atoms with van der Waals surface area (Å²) in [4.78, 5) is 28.3. The van der Waals surface area contributed by atoms with Crippen LogP contribution in [0.25, 0.3) is 0 Å². The van der Waals surface area contributed by atoms with Crippen LogP contribution in [0.5, 0.6) is 0 Å². The lowest BCUT2D eigenvalue weighted by Gasteiger charge is -2.41. The van der Waals surface area contributed by atoms with Crippen LogP contribution in [0.2, 0.25) is 0 Å². The van der Waals surface area contributed by atoms with E-state index in [-0.39, 0.29) is 37.2 Å². The second-order valence-corrected chi connectivity index (χ2v) is 5.89. The molecule has 2 aliphatic heterocycles. The zero-order chi connectivity index (χ0) is 16.6. The lowest BCUT2D eigenvalue weighted by Crippen LogP contribution is -2.58. The van der Waals surface area contributed by atoms with Crippen molar-refractivity contribution in [1.29, 1.82) is 0 Å². The van der Waals surface area contributed by atoms with Crippen molar-refractivity contribution in [3.8, 4) is 0 Å². The fraction of sp³-hybridized carbons (Fsp3) is 0.533. The van der Waals surface area contributed by atoms with Gasteiger partial charge in [-0.3, -0.25) is 9.78 Å². The van der Waals surface area contributed by atoms with Crippen LogP contribution in [0.1, 0.15) is 17.7 Å². The van der Waals surface area contributed by atoms with Crippen LogP contribution in [-0.2, 0) is 15.5 Å². The topological polar surface area (TPSA) is 71.5 Å². The van der Waals surface area contributed by atoms with Gasteiger partial charge in [-0.2, -0.15) is 8.78 Å². The van der Waals surface area contributed by atoms with Crippen molar-refractivity contribution >= 4 is 12.0 Å². The number of carbonyl (C=O) groups is 2. The third-order valence-electron chi connectivity index (χ3n) is 4.33. The molecule has 2 aliphatic rings. The van der Waals surface area contributed by atoms with Gasteiger partial charge in [-0.15, -0.1) is 0 Å². The third kappa shape index (κ3) is 2.85. The van der Waals surface area contributed by atoms with Crippen LogP contribution >= 0.6 is 0 Å². The van der Waals surface area contributed by atoms with Crippen LogP contribution < -0.4 is 5.32 Å². The molecule has 6 nitrogen and oxygen atoms in total. The van der Waals surface area contributed by atoms with Gasteiger partial charge < -0.3 is 15.0 Å². The average molecular weight is 325 g/mol. The highest BCUT2D eigenvalue weighted by Crippen LogP contribution is 2.33. The summed E-state index contributed by atoms with van der Waals surface area (Å²) in [5, 5.41) is 2.66. The minimum atomic E-state index is -3.67. The molecular weight excluding hydrogens is 308 g/mol. The molecule has 0 spiro atoms. The summed E-state index contributed by atoms with van der Waals surface area (Å²) in [5.74, 6) is -5.10. The normalized spacial score (nSPS) is 24.5. The first-order chi connectivity index (χ1) is 10.9. The van der Waals surface area contributed by atoms with E-state index >= 15 is 0 Å². The molecule has 8 heteroatoms. The van der Waals surface area contributed by atoms with Crippen molar-refractivity contribution in [3.05, 3.63) is 29.6 Å². The molecule has 3 heterocycles. The summed E-state index contributed by atoms with van der Waals surface area (Å²) in [6.45, 7) is 1.93. The highest BCUT2D eigenvalue weighted by Gasteiger charge is 2.48. The Kier molecular flexibility index (Phi) is 3.91. The number of aromatic nitrogens is 1. The molecule has 0 radical (unpaired) electrons. The minimum Gasteiger partial charge on any atom is -0.449 e. The van der Waals surface area contributed by atoms with Gasteiger partial charge >= 0.3 is 12.0 Å². The number of ether oxygens (including phenoxy) is 1. The number of alkyl halides is 2. The van der Waals surface area contributed by atoms with Crippen molar-refractivity contribution in [3.63, 3.8) is 0 Å². The van der Waals surface area contributed by atoms with Crippen LogP contribution in [0.4, 0.5) is 13.6 Å². The molecule has 1 aromatic rings. The first-order valence-electron chi connectivity index (χ1n) is 7.42. The van der Waals surface area contributed by atoms with Gasteiger partial charge in [0, 0.05) is 31.2 Å². The second-order valence-electron chi connectivity index (χ2n) is 5.89. The maximum absolute atomic E-state index is 14.5. The molecule has 2 fully saturated rings. The highest BCUT2D eigenvalue weighted by atomic mass is 19.3. The van der Waals surface area contributed by atoms with E-state index in [9.17, 15) is 18.4 Å². The SMILES string of the molecule is Cc1cccnc1C(F)(F)C(=O)N1CC[C@@H]2NC(=O)OC[C@H]2C1. The first-order valence-corrected chi connectivity index (χ1v) is 7.42. The largest absolute Gasteiger partial charge is 0.449 e. The molecule has 2 atom stereocenters. The Labute approximate surface area is 131 Å². The lowest BCUT2D eigenvalue weighted by atomic mass is 9.91. The number of cyclic esters (lactones) is 1. The summed E-state index contributed by atoms with van der Waals surface area (Å²) < 4.78 is 33.9. The maximum Gasteiger partial charge on any atom is 0.407 e. The summed E-state index contributed by atoms with van der Waals surface area (Å²) in [5.41, 5.74) is -0.241. The summed E-state index contributed by atoms with van der Waals surface area (Å²) in [6, 6.07) is 2.92. The molecule has 0 aliphatic carbocycles. The standard InChI is InChI=1S/C15H17F2N3O3/c1-9-3-2-5-18-12(9)15(16,17)13(21)20-6-4-11-10(7-20)8-23-14(22)19-11/h2-3,5,10-11H,4,6-8H2,1H3,(H,19,22)/t10-,11+/m1/s1. The van der Waals surface area contributed by atoms with E-state index < -0.39 is 23.6 Å². The van der Waals surface area contributed by atoms with Gasteiger partial charge in [-0.25, -0.2) is 4.79 Å². The smallest absolute Gasteiger partial charge is 0.407 e. The number of likely N-dealkylation sites (tertiary alicyclic amines) is 1. The molecule has 1 N–H and O–H groups in total. The van der Waals surface area contributed by atoms with Gasteiger partial charge in [0.1, 0.15) is 5.69 Å². The van der Waals surface area contributed by atoms with Gasteiger partial charge in [-0.1, -0.05) is 6.07 Å². The van der Waals surface area contributed by atoms with E-state index in [1.807, 2.05) is 0 Å². The number of hydrogen-bond acceptors (Lipinski definition) is 4. The number of hydrogen-bond donors (Lipinski definition) is 1. The average Bonchev–Trinajstić information content (AvgIpc) is 2.54. The van der Waals surface area contributed by atoms with Gasteiger partial charge in [0.05, 0.1) is 6.61 Å². The van der Waals surface area contributed by atoms with Crippen molar-refractivity contribution in [2.75, 3.05) is 19.7 Å². The third-order valence-corrected chi connectivity index (χ3v) is 4.33. The van der Waals surface area contributed by atoms with Crippen molar-refractivity contribution < 1.29 is 23.1 Å². The lowest BCUT2D eigenvalue weighted by molar-refractivity contribution is -0.162. The summed E-state index contributed by atoms with van der Waals surface area (Å²) in [6.07, 6.45) is 1.18. The van der Waals surface area contributed by atoms with E-state index in [0.29, 0.717) is 6.42 Å². The Morgan fingerprint density at radius 3 is 3.04 bits per heavy atom. The molecule has 2 amide bonds. The molecule has 0 bridgehead atoms. The van der Waals surface area contributed by atoms with E-state index in [1.165, 1.54) is 19.2 Å². The fourth-order valence-electron chi connectivity index (χ4n) is 3.07. The Hall–Kier alpha value is -2.25. The molecule has 0 unspecified atom stereocenters. The number of alkyl carbamates (subject to hydrolysis) is 1. The molecule has 1 aromatic heterocycles. The van der Waals surface area contributed by atoms with Gasteiger partial charge in [0.15, 0.2) is 0 Å². The van der Waals surface area contributed by atoms with Gasteiger partial charge in [-0.05, 0) is 25.0 Å². The Morgan fingerprint density at radius 2 is 2.30 bits per heavy atom. The van der Waals surface area contributed by atoms with Crippen molar-refractivity contribution in [2.45, 2.75) is 25.3 Å². The molecule has 124 valence electrons. The number of halogens is 2. The molecule has 3 rings (SSSR count). The zero-order valence-electron chi connectivity index (χ0n) is 12.6. The predicted molar refractivity (Wildman–Crippen MR) is 75.8 cm³/mol. The van der Waals surface area contributed by atoms with E-state index in [2.05, 4.69) is 10.3 Å². The number of aryl methyl sites for hydroxylation is 1. The number of nitrogens with one attached hydrogen (secondary N) is 1. The number of carbonyl (C=O) groups excluding carboxylic acids is 2. The number of piperidine rings is 1. The highest BCUT2D eigenvalue weighted by molar-refractivity contribution is 5.85. The predicted octanol–water partition coefficient (Wildman–Crippen LogP) is 1.44. The number of nitrogens with zero attached hydrogens (tertiary/aromatic N) is 2. The quantitative estimate of drug-likeness (QED) is 0.893. The molecule has 23 heavy (non-hydrogen) atoms. The van der Waals surface area contributed by atoms with Crippen molar-refractivity contribution in [2.24, 2.45) is 5.92 Å². The Balaban J connectivity index is 1.76. The summed E-state index contributed by atoms with van der Waals surface area (Å²) >= 11 is 0. The van der Waals surface area contributed by atoms with Crippen LogP contribution in [-0.4, -0.2) is 47.6 Å². The monoisotopic (exact) mass is 325 g/mol. The molecular formula is C15H17F2N3O3. The summed E-state index contributed by atoms with van der Waals surface area (Å²) in [7, 11) is 0. The molecule has 0 aromatic carbocycles. The first kappa shape index (κ1) is 15.6. The molecule has 0 saturated carbocycles. The zero-order valence-corrected chi connectivity index (χ0v) is 12.6. The fourth-order valence-corrected chi connectivity index (χ4v) is 3.07. The number of pyridine rings is 1. The van der Waals surface area contributed by atoms with Crippen LogP contribution in [0, 0.1) is 12.8 Å². The van der Waals surface area contributed by atoms with Gasteiger partial charge in [0.25, 0.3) is 5.91 Å². The van der Waals surface area contributed by atoms with Crippen molar-refractivity contribution in [1.82, 2.24) is 15.2 Å². The minimum absolute atomic E-state index is 0.130. The maximum atomic E-state index is 14.5. The second kappa shape index (κ2) is 5.75. The number of fused-ring (bicyclic) bond motifs is 1. The van der Waals surface area contributed by atoms with E-state index in [0.717, 1.165) is 4.90 Å². The van der Waals surface area contributed by atoms with Crippen LogP contribution in [0.15, 0.2) is 18.3 Å².